The lowest BCUT2D eigenvalue weighted by Gasteiger charge is -2.04. The quantitative estimate of drug-likeness (QED) is 0.629. The van der Waals surface area contributed by atoms with Gasteiger partial charge in [0.15, 0.2) is 11.6 Å². The number of benzene rings is 1. The summed E-state index contributed by atoms with van der Waals surface area (Å²) in [4.78, 5) is 10.2. The largest absolute Gasteiger partial charge is 0.478 e. The Balaban J connectivity index is 3.26. The Hall–Kier alpha value is -1.42. The van der Waals surface area contributed by atoms with Gasteiger partial charge in [-0.1, -0.05) is 11.6 Å². The predicted octanol–water partition coefficient (Wildman–Crippen LogP) is 3.02. The minimum absolute atomic E-state index is 0.00152. The lowest BCUT2D eigenvalue weighted by atomic mass is 10.1. The van der Waals surface area contributed by atoms with Crippen molar-refractivity contribution in [2.24, 2.45) is 0 Å². The van der Waals surface area contributed by atoms with Gasteiger partial charge in [0.05, 0.1) is 0 Å². The molecule has 1 N–H and O–H groups in total. The highest BCUT2D eigenvalue weighted by Gasteiger charge is 2.12. The summed E-state index contributed by atoms with van der Waals surface area (Å²) in [6.45, 7) is 1.34. The summed E-state index contributed by atoms with van der Waals surface area (Å²) in [7, 11) is 0. The number of hydrogen-bond donors (Lipinski definition) is 1. The van der Waals surface area contributed by atoms with Crippen molar-refractivity contribution in [3.05, 3.63) is 39.9 Å². The van der Waals surface area contributed by atoms with E-state index in [2.05, 4.69) is 0 Å². The molecule has 0 radical (unpaired) electrons. The third-order valence-electron chi connectivity index (χ3n) is 1.82. The summed E-state index contributed by atoms with van der Waals surface area (Å²) in [5, 5.41) is 8.38. The van der Waals surface area contributed by atoms with Crippen molar-refractivity contribution >= 4 is 23.6 Å². The number of aliphatic carboxylic acids is 1. The summed E-state index contributed by atoms with van der Waals surface area (Å²) in [6.07, 6.45) is 1.66. The summed E-state index contributed by atoms with van der Waals surface area (Å²) in [5.74, 6) is -3.41. The predicted molar refractivity (Wildman–Crippen MR) is 52.8 cm³/mol. The Morgan fingerprint density at radius 3 is 2.60 bits per heavy atom. The molecular formula is C10H7ClF2O2. The maximum absolute atomic E-state index is 13.2. The molecule has 0 aliphatic heterocycles. The molecule has 1 rings (SSSR count). The molecule has 0 amide bonds. The van der Waals surface area contributed by atoms with Crippen LogP contribution in [-0.4, -0.2) is 11.1 Å². The first kappa shape index (κ1) is 11.7. The number of rotatable bonds is 2. The van der Waals surface area contributed by atoms with Crippen LogP contribution in [0.25, 0.3) is 6.08 Å². The molecule has 0 spiro atoms. The number of halogens is 3. The highest BCUT2D eigenvalue weighted by molar-refractivity contribution is 6.31. The van der Waals surface area contributed by atoms with Crippen LogP contribution < -0.4 is 0 Å². The van der Waals surface area contributed by atoms with Gasteiger partial charge in [-0.05, 0) is 19.1 Å². The van der Waals surface area contributed by atoms with E-state index in [1.165, 1.54) is 13.0 Å². The van der Waals surface area contributed by atoms with Gasteiger partial charge in [-0.15, -0.1) is 0 Å². The standard InChI is InChI=1S/C10H7ClF2O2/c1-5-7(11)4-6(2-3-8(14)15)10(13)9(5)12/h2-4H,1H3,(H,14,15)/b3-2+. The first-order valence-electron chi connectivity index (χ1n) is 3.98. The first-order valence-corrected chi connectivity index (χ1v) is 4.36. The van der Waals surface area contributed by atoms with Gasteiger partial charge in [0, 0.05) is 22.2 Å². The molecule has 0 unspecified atom stereocenters. The van der Waals surface area contributed by atoms with Gasteiger partial charge < -0.3 is 5.11 Å². The van der Waals surface area contributed by atoms with E-state index in [0.29, 0.717) is 6.08 Å². The Bertz CT molecular complexity index is 442. The van der Waals surface area contributed by atoms with Gasteiger partial charge in [-0.2, -0.15) is 0 Å². The fourth-order valence-corrected chi connectivity index (χ4v) is 1.19. The van der Waals surface area contributed by atoms with Crippen LogP contribution in [0.5, 0.6) is 0 Å². The van der Waals surface area contributed by atoms with Crippen LogP contribution in [0.15, 0.2) is 12.1 Å². The van der Waals surface area contributed by atoms with Crippen molar-refractivity contribution in [3.63, 3.8) is 0 Å². The number of hydrogen-bond acceptors (Lipinski definition) is 1. The van der Waals surface area contributed by atoms with Crippen molar-refractivity contribution in [1.29, 1.82) is 0 Å². The fourth-order valence-electron chi connectivity index (χ4n) is 0.987. The molecule has 0 aromatic heterocycles. The molecule has 0 fully saturated rings. The molecule has 1 aromatic rings. The molecule has 15 heavy (non-hydrogen) atoms. The zero-order valence-corrected chi connectivity index (χ0v) is 8.48. The second kappa shape index (κ2) is 4.40. The molecule has 5 heteroatoms. The second-order valence-corrected chi connectivity index (χ2v) is 3.28. The minimum atomic E-state index is -1.24. The number of carboxylic acids is 1. The first-order chi connectivity index (χ1) is 6.93. The third-order valence-corrected chi connectivity index (χ3v) is 2.21. The van der Waals surface area contributed by atoms with E-state index in [-0.39, 0.29) is 16.1 Å². The van der Waals surface area contributed by atoms with Gasteiger partial charge in [0.1, 0.15) is 0 Å². The van der Waals surface area contributed by atoms with Crippen molar-refractivity contribution in [2.75, 3.05) is 0 Å². The zero-order valence-electron chi connectivity index (χ0n) is 7.72. The number of carbonyl (C=O) groups is 1. The Labute approximate surface area is 89.8 Å². The van der Waals surface area contributed by atoms with Crippen molar-refractivity contribution in [1.82, 2.24) is 0 Å². The zero-order chi connectivity index (χ0) is 11.6. The van der Waals surface area contributed by atoms with E-state index in [4.69, 9.17) is 16.7 Å². The Morgan fingerprint density at radius 2 is 2.07 bits per heavy atom. The fraction of sp³-hybridized carbons (Fsp3) is 0.100. The van der Waals surface area contributed by atoms with Gasteiger partial charge in [-0.25, -0.2) is 13.6 Å². The molecule has 0 saturated heterocycles. The SMILES string of the molecule is Cc1c(Cl)cc(/C=C/C(=O)O)c(F)c1F. The smallest absolute Gasteiger partial charge is 0.328 e. The maximum atomic E-state index is 13.2. The molecule has 0 bridgehead atoms. The molecule has 2 nitrogen and oxygen atoms in total. The van der Waals surface area contributed by atoms with Crippen molar-refractivity contribution in [2.45, 2.75) is 6.92 Å². The van der Waals surface area contributed by atoms with Crippen LogP contribution in [0.4, 0.5) is 8.78 Å². The lowest BCUT2D eigenvalue weighted by Crippen LogP contribution is -1.95. The Kier molecular flexibility index (Phi) is 3.42. The van der Waals surface area contributed by atoms with Crippen LogP contribution in [0.2, 0.25) is 5.02 Å². The molecule has 0 heterocycles. The van der Waals surface area contributed by atoms with Gasteiger partial charge in [0.2, 0.25) is 0 Å². The molecule has 0 aliphatic rings. The van der Waals surface area contributed by atoms with E-state index in [9.17, 15) is 13.6 Å². The summed E-state index contributed by atoms with van der Waals surface area (Å²) in [5.41, 5.74) is -0.188. The monoisotopic (exact) mass is 232 g/mol. The molecule has 0 aliphatic carbocycles. The van der Waals surface area contributed by atoms with E-state index < -0.39 is 17.6 Å². The molecular weight excluding hydrogens is 226 g/mol. The molecule has 80 valence electrons. The normalized spacial score (nSPS) is 10.9. The topological polar surface area (TPSA) is 37.3 Å². The average molecular weight is 233 g/mol. The van der Waals surface area contributed by atoms with Gasteiger partial charge >= 0.3 is 5.97 Å². The second-order valence-electron chi connectivity index (χ2n) is 2.87. The maximum Gasteiger partial charge on any atom is 0.328 e. The summed E-state index contributed by atoms with van der Waals surface area (Å²) >= 11 is 5.62. The van der Waals surface area contributed by atoms with Crippen molar-refractivity contribution in [3.8, 4) is 0 Å². The van der Waals surface area contributed by atoms with Crippen LogP contribution >= 0.6 is 11.6 Å². The van der Waals surface area contributed by atoms with Crippen molar-refractivity contribution < 1.29 is 18.7 Å². The van der Waals surface area contributed by atoms with E-state index >= 15 is 0 Å². The minimum Gasteiger partial charge on any atom is -0.478 e. The van der Waals surface area contributed by atoms with E-state index in [1.54, 1.807) is 0 Å². The summed E-state index contributed by atoms with van der Waals surface area (Å²) < 4.78 is 26.4. The molecule has 1 aromatic carbocycles. The van der Waals surface area contributed by atoms with Crippen LogP contribution in [0.3, 0.4) is 0 Å². The highest BCUT2D eigenvalue weighted by atomic mass is 35.5. The van der Waals surface area contributed by atoms with Crippen LogP contribution in [0.1, 0.15) is 11.1 Å². The molecule has 0 saturated carbocycles. The van der Waals surface area contributed by atoms with Crippen LogP contribution in [0, 0.1) is 18.6 Å². The van der Waals surface area contributed by atoms with E-state index in [1.807, 2.05) is 0 Å². The Morgan fingerprint density at radius 1 is 1.47 bits per heavy atom. The third kappa shape index (κ3) is 2.53. The lowest BCUT2D eigenvalue weighted by molar-refractivity contribution is -0.131. The van der Waals surface area contributed by atoms with Gasteiger partial charge in [-0.3, -0.25) is 0 Å². The number of carboxylic acid groups (broad SMARTS) is 1. The van der Waals surface area contributed by atoms with E-state index in [0.717, 1.165) is 6.08 Å². The van der Waals surface area contributed by atoms with Crippen LogP contribution in [-0.2, 0) is 4.79 Å². The molecule has 0 atom stereocenters. The average Bonchev–Trinajstić information content (AvgIpc) is 2.18. The van der Waals surface area contributed by atoms with Gasteiger partial charge in [0.25, 0.3) is 0 Å². The highest BCUT2D eigenvalue weighted by Crippen LogP contribution is 2.24. The summed E-state index contributed by atoms with van der Waals surface area (Å²) in [6, 6.07) is 1.18.